The van der Waals surface area contributed by atoms with Gasteiger partial charge in [0.1, 0.15) is 5.82 Å². The lowest BCUT2D eigenvalue weighted by atomic mass is 10.3. The fraction of sp³-hybridized carbons (Fsp3) is 0.667. The Bertz CT molecular complexity index is 338. The highest BCUT2D eigenvalue weighted by Crippen LogP contribution is 2.21. The largest absolute Gasteiger partial charge is 0.389 e. The van der Waals surface area contributed by atoms with E-state index in [1.165, 1.54) is 4.57 Å². The summed E-state index contributed by atoms with van der Waals surface area (Å²) in [5.74, 6) is 0.322. The minimum atomic E-state index is -4.15. The van der Waals surface area contributed by atoms with Gasteiger partial charge in [-0.05, 0) is 12.2 Å². The third-order valence-electron chi connectivity index (χ3n) is 1.60. The molecule has 0 saturated carbocycles. The van der Waals surface area contributed by atoms with Crippen LogP contribution in [0.15, 0.2) is 0 Å². The van der Waals surface area contributed by atoms with E-state index in [2.05, 4.69) is 10.2 Å². The molecule has 0 aliphatic rings. The average Bonchev–Trinajstić information content (AvgIpc) is 2.29. The SMILES string of the molecule is Cn1c(CCC(F)(F)F)n[nH]c1=S. The van der Waals surface area contributed by atoms with E-state index in [0.717, 1.165) is 0 Å². The van der Waals surface area contributed by atoms with Crippen LogP contribution in [0.5, 0.6) is 0 Å². The van der Waals surface area contributed by atoms with E-state index in [9.17, 15) is 13.2 Å². The monoisotopic (exact) mass is 211 g/mol. The third kappa shape index (κ3) is 2.83. The van der Waals surface area contributed by atoms with Crippen LogP contribution in [0, 0.1) is 4.77 Å². The molecule has 0 spiro atoms. The van der Waals surface area contributed by atoms with Gasteiger partial charge in [-0.1, -0.05) is 0 Å². The Hall–Kier alpha value is -0.850. The molecule has 1 rings (SSSR count). The summed E-state index contributed by atoms with van der Waals surface area (Å²) in [5, 5.41) is 6.09. The zero-order chi connectivity index (χ0) is 10.1. The van der Waals surface area contributed by atoms with Crippen molar-refractivity contribution in [1.29, 1.82) is 0 Å². The van der Waals surface area contributed by atoms with Crippen LogP contribution in [0.1, 0.15) is 12.2 Å². The maximum absolute atomic E-state index is 11.8. The van der Waals surface area contributed by atoms with E-state index in [1.54, 1.807) is 7.05 Å². The summed E-state index contributed by atoms with van der Waals surface area (Å²) in [4.78, 5) is 0. The molecule has 74 valence electrons. The number of hydrogen-bond acceptors (Lipinski definition) is 2. The molecule has 0 unspecified atom stereocenters. The summed E-state index contributed by atoms with van der Waals surface area (Å²) in [5.41, 5.74) is 0. The van der Waals surface area contributed by atoms with Crippen molar-refractivity contribution in [2.75, 3.05) is 0 Å². The lowest BCUT2D eigenvalue weighted by molar-refractivity contribution is -0.134. The predicted octanol–water partition coefficient (Wildman–Crippen LogP) is 1.97. The topological polar surface area (TPSA) is 33.6 Å². The minimum Gasteiger partial charge on any atom is -0.307 e. The molecule has 0 atom stereocenters. The Morgan fingerprint density at radius 3 is 2.54 bits per heavy atom. The van der Waals surface area contributed by atoms with E-state index in [-0.39, 0.29) is 6.42 Å². The second kappa shape index (κ2) is 3.49. The number of nitrogens with one attached hydrogen (secondary N) is 1. The lowest BCUT2D eigenvalue weighted by Gasteiger charge is -2.04. The lowest BCUT2D eigenvalue weighted by Crippen LogP contribution is -2.10. The standard InChI is InChI=1S/C6H8F3N3S/c1-12-4(10-11-5(12)13)2-3-6(7,8)9/h2-3H2,1H3,(H,11,13). The first-order valence-corrected chi connectivity index (χ1v) is 3.98. The first kappa shape index (κ1) is 10.2. The van der Waals surface area contributed by atoms with Crippen LogP contribution in [-0.2, 0) is 13.5 Å². The van der Waals surface area contributed by atoms with Gasteiger partial charge in [0, 0.05) is 13.5 Å². The van der Waals surface area contributed by atoms with Crippen LogP contribution in [0.2, 0.25) is 0 Å². The van der Waals surface area contributed by atoms with Crippen LogP contribution in [0.25, 0.3) is 0 Å². The smallest absolute Gasteiger partial charge is 0.307 e. The van der Waals surface area contributed by atoms with Gasteiger partial charge in [0.05, 0.1) is 6.42 Å². The van der Waals surface area contributed by atoms with Crippen LogP contribution < -0.4 is 0 Å². The third-order valence-corrected chi connectivity index (χ3v) is 1.97. The van der Waals surface area contributed by atoms with Gasteiger partial charge in [0.25, 0.3) is 0 Å². The van der Waals surface area contributed by atoms with Crippen LogP contribution in [0.4, 0.5) is 13.2 Å². The van der Waals surface area contributed by atoms with Gasteiger partial charge in [0.2, 0.25) is 0 Å². The van der Waals surface area contributed by atoms with Crippen molar-refractivity contribution in [1.82, 2.24) is 14.8 Å². The maximum Gasteiger partial charge on any atom is 0.389 e. The van der Waals surface area contributed by atoms with Gasteiger partial charge in [-0.2, -0.15) is 18.3 Å². The molecule has 1 aromatic rings. The molecule has 0 aliphatic heterocycles. The molecule has 0 saturated heterocycles. The van der Waals surface area contributed by atoms with Gasteiger partial charge in [-0.3, -0.25) is 5.10 Å². The molecule has 0 aliphatic carbocycles. The maximum atomic E-state index is 11.8. The Morgan fingerprint density at radius 2 is 2.15 bits per heavy atom. The number of aromatic amines is 1. The molecule has 13 heavy (non-hydrogen) atoms. The molecule has 0 bridgehead atoms. The Kier molecular flexibility index (Phi) is 2.74. The first-order chi connectivity index (χ1) is 5.90. The zero-order valence-corrected chi connectivity index (χ0v) is 7.67. The summed E-state index contributed by atoms with van der Waals surface area (Å²) in [7, 11) is 1.58. The van der Waals surface area contributed by atoms with Gasteiger partial charge in [-0.25, -0.2) is 0 Å². The van der Waals surface area contributed by atoms with Gasteiger partial charge >= 0.3 is 6.18 Å². The van der Waals surface area contributed by atoms with Crippen LogP contribution >= 0.6 is 12.2 Å². The molecule has 1 heterocycles. The quantitative estimate of drug-likeness (QED) is 0.759. The van der Waals surface area contributed by atoms with E-state index < -0.39 is 12.6 Å². The van der Waals surface area contributed by atoms with Crippen molar-refractivity contribution in [3.8, 4) is 0 Å². The second-order valence-corrected chi connectivity index (χ2v) is 3.01. The zero-order valence-electron chi connectivity index (χ0n) is 6.85. The van der Waals surface area contributed by atoms with Crippen LogP contribution in [-0.4, -0.2) is 20.9 Å². The molecule has 7 heteroatoms. The van der Waals surface area contributed by atoms with Crippen molar-refractivity contribution in [3.63, 3.8) is 0 Å². The van der Waals surface area contributed by atoms with Gasteiger partial charge in [0.15, 0.2) is 4.77 Å². The van der Waals surface area contributed by atoms with Crippen molar-refractivity contribution >= 4 is 12.2 Å². The Balaban J connectivity index is 2.66. The average molecular weight is 211 g/mol. The van der Waals surface area contributed by atoms with E-state index in [0.29, 0.717) is 10.6 Å². The van der Waals surface area contributed by atoms with Crippen molar-refractivity contribution < 1.29 is 13.2 Å². The number of aryl methyl sites for hydroxylation is 1. The van der Waals surface area contributed by atoms with E-state index in [4.69, 9.17) is 12.2 Å². The molecule has 1 N–H and O–H groups in total. The van der Waals surface area contributed by atoms with Crippen molar-refractivity contribution in [3.05, 3.63) is 10.6 Å². The van der Waals surface area contributed by atoms with Gasteiger partial charge in [-0.15, -0.1) is 0 Å². The number of halogens is 3. The van der Waals surface area contributed by atoms with Crippen molar-refractivity contribution in [2.45, 2.75) is 19.0 Å². The molecule has 1 aromatic heterocycles. The number of nitrogens with zero attached hydrogens (tertiary/aromatic N) is 2. The number of hydrogen-bond donors (Lipinski definition) is 1. The number of rotatable bonds is 2. The first-order valence-electron chi connectivity index (χ1n) is 3.57. The Labute approximate surface area is 77.6 Å². The second-order valence-electron chi connectivity index (χ2n) is 2.62. The minimum absolute atomic E-state index is 0.146. The molecule has 0 aromatic carbocycles. The molecular formula is C6H8F3N3S. The molecule has 0 fully saturated rings. The normalized spacial score (nSPS) is 12.0. The molecular weight excluding hydrogens is 203 g/mol. The summed E-state index contributed by atoms with van der Waals surface area (Å²) in [6.45, 7) is 0. The summed E-state index contributed by atoms with van der Waals surface area (Å²) >= 11 is 4.75. The predicted molar refractivity (Wildman–Crippen MR) is 42.8 cm³/mol. The summed E-state index contributed by atoms with van der Waals surface area (Å²) in [6, 6.07) is 0. The summed E-state index contributed by atoms with van der Waals surface area (Å²) in [6.07, 6.45) is -5.17. The fourth-order valence-electron chi connectivity index (χ4n) is 0.857. The highest BCUT2D eigenvalue weighted by atomic mass is 32.1. The highest BCUT2D eigenvalue weighted by Gasteiger charge is 2.27. The van der Waals surface area contributed by atoms with Gasteiger partial charge < -0.3 is 4.57 Å². The molecule has 3 nitrogen and oxygen atoms in total. The van der Waals surface area contributed by atoms with E-state index in [1.807, 2.05) is 0 Å². The highest BCUT2D eigenvalue weighted by molar-refractivity contribution is 7.71. The summed E-state index contributed by atoms with van der Waals surface area (Å²) < 4.78 is 37.2. The van der Waals surface area contributed by atoms with Crippen LogP contribution in [0.3, 0.4) is 0 Å². The Morgan fingerprint density at radius 1 is 1.54 bits per heavy atom. The molecule has 0 amide bonds. The number of aromatic nitrogens is 3. The molecule has 0 radical (unpaired) electrons. The van der Waals surface area contributed by atoms with E-state index >= 15 is 0 Å². The number of alkyl halides is 3. The number of H-pyrrole nitrogens is 1. The fourth-order valence-corrected chi connectivity index (χ4v) is 1.01. The van der Waals surface area contributed by atoms with Crippen molar-refractivity contribution in [2.24, 2.45) is 7.05 Å².